The summed E-state index contributed by atoms with van der Waals surface area (Å²) in [5.74, 6) is 0.837. The molecule has 2 unspecified atom stereocenters. The minimum atomic E-state index is -0.991. The number of hydrogen-bond acceptors (Lipinski definition) is 7. The highest BCUT2D eigenvalue weighted by atomic mass is 16.8. The van der Waals surface area contributed by atoms with Crippen molar-refractivity contribution in [2.75, 3.05) is 5.32 Å². The summed E-state index contributed by atoms with van der Waals surface area (Å²) >= 11 is 0. The largest absolute Gasteiger partial charge is 0.595 e. The van der Waals surface area contributed by atoms with E-state index < -0.39 is 11.4 Å². The number of para-hydroxylation sites is 2. The second-order valence-corrected chi connectivity index (χ2v) is 6.39. The average Bonchev–Trinajstić information content (AvgIpc) is 3.32. The van der Waals surface area contributed by atoms with E-state index in [-0.39, 0.29) is 11.6 Å². The van der Waals surface area contributed by atoms with E-state index in [0.29, 0.717) is 17.2 Å². The highest BCUT2D eigenvalue weighted by Gasteiger charge is 2.28. The minimum Gasteiger partial charge on any atom is -0.595 e. The maximum Gasteiger partial charge on any atom is 0.212 e. The number of rotatable bonds is 3. The predicted molar refractivity (Wildman–Crippen MR) is 103 cm³/mol. The number of nitrogens with zero attached hydrogens (tertiary/aromatic N) is 4. The molecule has 28 heavy (non-hydrogen) atoms. The van der Waals surface area contributed by atoms with Crippen molar-refractivity contribution in [1.82, 2.24) is 19.7 Å². The Morgan fingerprint density at radius 3 is 2.89 bits per heavy atom. The van der Waals surface area contributed by atoms with E-state index in [0.717, 1.165) is 16.6 Å². The van der Waals surface area contributed by atoms with Crippen molar-refractivity contribution < 1.29 is 10.4 Å². The number of aromatic amines is 1. The van der Waals surface area contributed by atoms with Crippen LogP contribution in [0.4, 0.5) is 11.6 Å². The molecule has 10 heteroatoms. The number of aromatic nitrogens is 4. The van der Waals surface area contributed by atoms with Gasteiger partial charge in [-0.2, -0.15) is 10.3 Å². The average molecular weight is 376 g/mol. The molecule has 0 radical (unpaired) electrons. The molecule has 10 nitrogen and oxygen atoms in total. The molecule has 0 saturated carbocycles. The number of imidazole rings is 1. The van der Waals surface area contributed by atoms with Crippen molar-refractivity contribution in [2.24, 2.45) is 10.7 Å². The van der Waals surface area contributed by atoms with Gasteiger partial charge in [0.15, 0.2) is 17.8 Å². The minimum absolute atomic E-state index is 0.195. The first-order valence-corrected chi connectivity index (χ1v) is 8.56. The summed E-state index contributed by atoms with van der Waals surface area (Å²) in [5.41, 5.74) is 10.0. The Morgan fingerprint density at radius 1 is 1.18 bits per heavy atom. The summed E-state index contributed by atoms with van der Waals surface area (Å²) in [6.07, 6.45) is 1.18. The molecule has 2 aromatic heterocycles. The normalized spacial score (nSPS) is 17.1. The smallest absolute Gasteiger partial charge is 0.212 e. The van der Waals surface area contributed by atoms with Gasteiger partial charge in [0.2, 0.25) is 5.95 Å². The van der Waals surface area contributed by atoms with Crippen LogP contribution in [0.1, 0.15) is 11.7 Å². The second kappa shape index (κ2) is 6.16. The summed E-state index contributed by atoms with van der Waals surface area (Å²) in [6, 6.07) is 14.4. The molecule has 0 bridgehead atoms. The van der Waals surface area contributed by atoms with Gasteiger partial charge in [0.05, 0.1) is 22.9 Å². The topological polar surface area (TPSA) is 145 Å². The maximum absolute atomic E-state index is 11.3. The molecule has 3 heterocycles. The SMILES string of the molecule is NC1=NC(c2cn[nH]c2-c2cccc([NH+]([O-])O)c2)n2c(nc3ccccc32)N1. The molecular formula is C18H16N8O2. The Bertz CT molecular complexity index is 1210. The fraction of sp³-hybridized carbons (Fsp3) is 0.0556. The quantitative estimate of drug-likeness (QED) is 0.339. The highest BCUT2D eigenvalue weighted by molar-refractivity contribution is 5.95. The Hall–Kier alpha value is -3.73. The molecule has 140 valence electrons. The van der Waals surface area contributed by atoms with Crippen molar-refractivity contribution in [2.45, 2.75) is 6.17 Å². The number of benzene rings is 2. The number of H-pyrrole nitrogens is 1. The summed E-state index contributed by atoms with van der Waals surface area (Å²) in [7, 11) is 0. The molecule has 0 spiro atoms. The number of aliphatic imine (C=N–C) groups is 1. The molecule has 2 atom stereocenters. The van der Waals surface area contributed by atoms with Crippen LogP contribution in [0.2, 0.25) is 0 Å². The van der Waals surface area contributed by atoms with Crippen LogP contribution in [-0.4, -0.2) is 30.9 Å². The van der Waals surface area contributed by atoms with Crippen molar-refractivity contribution in [3.8, 4) is 11.3 Å². The van der Waals surface area contributed by atoms with Crippen LogP contribution in [0.15, 0.2) is 59.7 Å². The fourth-order valence-electron chi connectivity index (χ4n) is 3.46. The number of quaternary nitrogens is 1. The number of hydrogen-bond donors (Lipinski definition) is 5. The predicted octanol–water partition coefficient (Wildman–Crippen LogP) is 1.12. The Morgan fingerprint density at radius 2 is 2.04 bits per heavy atom. The molecule has 1 aliphatic rings. The van der Waals surface area contributed by atoms with Gasteiger partial charge in [-0.3, -0.25) is 15.0 Å². The third kappa shape index (κ3) is 2.52. The molecule has 0 amide bonds. The lowest BCUT2D eigenvalue weighted by Gasteiger charge is -2.23. The van der Waals surface area contributed by atoms with E-state index >= 15 is 0 Å². The molecule has 0 aliphatic carbocycles. The fourth-order valence-corrected chi connectivity index (χ4v) is 3.46. The van der Waals surface area contributed by atoms with Crippen molar-refractivity contribution in [1.29, 1.82) is 0 Å². The van der Waals surface area contributed by atoms with Gasteiger partial charge >= 0.3 is 0 Å². The molecule has 0 fully saturated rings. The van der Waals surface area contributed by atoms with Gasteiger partial charge in [0, 0.05) is 23.3 Å². The molecule has 4 aromatic rings. The first-order valence-electron chi connectivity index (χ1n) is 8.56. The standard InChI is InChI=1S/C18H16N8O2/c19-17-22-16(25-14-7-2-1-6-13(14)21-18(25)23-17)12-9-20-24-15(12)10-4-3-5-11(8-10)26(27)28/h1-9,16,26-27H,(H,20,24)(H3,19,21,22,23). The number of guanidine groups is 1. The summed E-state index contributed by atoms with van der Waals surface area (Å²) in [6.45, 7) is 0. The summed E-state index contributed by atoms with van der Waals surface area (Å²) < 4.78 is 1.95. The van der Waals surface area contributed by atoms with Gasteiger partial charge in [-0.05, 0) is 12.1 Å². The van der Waals surface area contributed by atoms with Gasteiger partial charge in [-0.15, -0.1) is 0 Å². The van der Waals surface area contributed by atoms with E-state index in [1.54, 1.807) is 24.4 Å². The zero-order valence-corrected chi connectivity index (χ0v) is 14.5. The molecule has 0 saturated heterocycles. The maximum atomic E-state index is 11.3. The first kappa shape index (κ1) is 16.4. The van der Waals surface area contributed by atoms with E-state index in [9.17, 15) is 10.4 Å². The van der Waals surface area contributed by atoms with Gasteiger partial charge in [-0.25, -0.2) is 15.2 Å². The monoisotopic (exact) mass is 376 g/mol. The lowest BCUT2D eigenvalue weighted by molar-refractivity contribution is -0.991. The number of anilines is 1. The van der Waals surface area contributed by atoms with E-state index in [1.807, 2.05) is 34.9 Å². The number of nitrogens with one attached hydrogen (secondary N) is 3. The lowest BCUT2D eigenvalue weighted by atomic mass is 10.1. The van der Waals surface area contributed by atoms with E-state index in [4.69, 9.17) is 5.73 Å². The van der Waals surface area contributed by atoms with Crippen LogP contribution in [0.3, 0.4) is 0 Å². The third-order valence-electron chi connectivity index (χ3n) is 4.69. The zero-order valence-electron chi connectivity index (χ0n) is 14.5. The van der Waals surface area contributed by atoms with Crippen molar-refractivity contribution in [3.63, 3.8) is 0 Å². The van der Waals surface area contributed by atoms with Crippen LogP contribution < -0.4 is 16.3 Å². The van der Waals surface area contributed by atoms with Crippen LogP contribution in [-0.2, 0) is 0 Å². The van der Waals surface area contributed by atoms with Crippen LogP contribution in [0.25, 0.3) is 22.3 Å². The van der Waals surface area contributed by atoms with Gasteiger partial charge < -0.3 is 10.9 Å². The van der Waals surface area contributed by atoms with E-state index in [2.05, 4.69) is 25.5 Å². The number of fused-ring (bicyclic) bond motifs is 3. The van der Waals surface area contributed by atoms with Crippen molar-refractivity contribution >= 4 is 28.6 Å². The van der Waals surface area contributed by atoms with Crippen LogP contribution in [0.5, 0.6) is 0 Å². The van der Waals surface area contributed by atoms with Crippen molar-refractivity contribution in [3.05, 3.63) is 65.5 Å². The zero-order chi connectivity index (χ0) is 19.3. The Balaban J connectivity index is 1.69. The Labute approximate surface area is 158 Å². The van der Waals surface area contributed by atoms with Crippen LogP contribution in [0, 0.1) is 5.21 Å². The van der Waals surface area contributed by atoms with Gasteiger partial charge in [0.25, 0.3) is 0 Å². The Kier molecular flexibility index (Phi) is 3.62. The molecule has 6 N–H and O–H groups in total. The summed E-state index contributed by atoms with van der Waals surface area (Å²) in [5, 5.41) is 29.8. The molecule has 2 aromatic carbocycles. The van der Waals surface area contributed by atoms with Gasteiger partial charge in [-0.1, -0.05) is 24.3 Å². The van der Waals surface area contributed by atoms with Gasteiger partial charge in [0.1, 0.15) is 0 Å². The molecule has 5 rings (SSSR count). The highest BCUT2D eigenvalue weighted by Crippen LogP contribution is 2.36. The first-order chi connectivity index (χ1) is 13.6. The summed E-state index contributed by atoms with van der Waals surface area (Å²) in [4.78, 5) is 9.15. The van der Waals surface area contributed by atoms with Crippen LogP contribution >= 0.6 is 0 Å². The molecular weight excluding hydrogens is 360 g/mol. The molecule has 1 aliphatic heterocycles. The third-order valence-corrected chi connectivity index (χ3v) is 4.69. The van der Waals surface area contributed by atoms with E-state index in [1.165, 1.54) is 0 Å². The lowest BCUT2D eigenvalue weighted by Crippen LogP contribution is -2.99. The number of nitrogens with two attached hydrogens (primary N) is 1. The second-order valence-electron chi connectivity index (χ2n) is 6.39.